The number of aromatic nitrogens is 2. The number of piperazine rings is 1. The number of rotatable bonds is 5. The van der Waals surface area contributed by atoms with Crippen molar-refractivity contribution in [2.75, 3.05) is 51.8 Å². The van der Waals surface area contributed by atoms with Gasteiger partial charge >= 0.3 is 0 Å². The number of nitrogens with zero attached hydrogens (tertiary/aromatic N) is 5. The lowest BCUT2D eigenvalue weighted by molar-refractivity contribution is -0.130. The molecule has 0 bridgehead atoms. The van der Waals surface area contributed by atoms with E-state index in [1.807, 2.05) is 17.0 Å². The molecule has 0 N–H and O–H groups in total. The summed E-state index contributed by atoms with van der Waals surface area (Å²) < 4.78 is 5.19. The zero-order chi connectivity index (χ0) is 18.6. The number of hydrogen-bond acceptors (Lipinski definition) is 6. The molecule has 1 spiro atoms. The van der Waals surface area contributed by atoms with E-state index in [1.54, 1.807) is 13.4 Å². The van der Waals surface area contributed by atoms with Gasteiger partial charge in [0.25, 0.3) is 0 Å². The van der Waals surface area contributed by atoms with E-state index < -0.39 is 0 Å². The Kier molecular flexibility index (Phi) is 5.88. The Balaban J connectivity index is 1.78. The Morgan fingerprint density at radius 2 is 2.15 bits per heavy atom. The molecule has 2 aliphatic heterocycles. The predicted molar refractivity (Wildman–Crippen MR) is 101 cm³/mol. The third-order valence-electron chi connectivity index (χ3n) is 5.68. The number of carbonyl (C=O) groups is 1. The Morgan fingerprint density at radius 1 is 1.31 bits per heavy atom. The predicted octanol–water partition coefficient (Wildman–Crippen LogP) is 1.31. The van der Waals surface area contributed by atoms with Crippen LogP contribution in [0.2, 0.25) is 0 Å². The lowest BCUT2D eigenvalue weighted by atomic mass is 9.86. The third-order valence-corrected chi connectivity index (χ3v) is 5.68. The van der Waals surface area contributed by atoms with Crippen molar-refractivity contribution in [1.29, 1.82) is 0 Å². The molecule has 7 heteroatoms. The molecule has 1 atom stereocenters. The lowest BCUT2D eigenvalue weighted by Crippen LogP contribution is -2.61. The van der Waals surface area contributed by atoms with E-state index in [2.05, 4.69) is 33.4 Å². The molecule has 0 aromatic carbocycles. The van der Waals surface area contributed by atoms with Crippen LogP contribution in [0.25, 0.3) is 0 Å². The van der Waals surface area contributed by atoms with Crippen molar-refractivity contribution >= 4 is 11.7 Å². The molecule has 2 saturated heterocycles. The molecule has 2 fully saturated rings. The second kappa shape index (κ2) is 8.14. The minimum Gasteiger partial charge on any atom is -0.378 e. The molecular weight excluding hydrogens is 330 g/mol. The van der Waals surface area contributed by atoms with Gasteiger partial charge in [0.05, 0.1) is 12.3 Å². The van der Waals surface area contributed by atoms with Gasteiger partial charge in [-0.05, 0) is 19.9 Å². The second-order valence-corrected chi connectivity index (χ2v) is 7.25. The van der Waals surface area contributed by atoms with Crippen molar-refractivity contribution in [1.82, 2.24) is 19.8 Å². The van der Waals surface area contributed by atoms with Crippen molar-refractivity contribution in [2.24, 2.45) is 0 Å². The third kappa shape index (κ3) is 3.88. The van der Waals surface area contributed by atoms with Crippen molar-refractivity contribution in [3.05, 3.63) is 30.7 Å². The van der Waals surface area contributed by atoms with Crippen molar-refractivity contribution < 1.29 is 9.53 Å². The van der Waals surface area contributed by atoms with Crippen LogP contribution in [0.1, 0.15) is 25.0 Å². The van der Waals surface area contributed by atoms with Gasteiger partial charge in [0.15, 0.2) is 0 Å². The van der Waals surface area contributed by atoms with Crippen molar-refractivity contribution in [3.8, 4) is 0 Å². The number of methoxy groups -OCH3 is 1. The van der Waals surface area contributed by atoms with E-state index >= 15 is 0 Å². The molecule has 2 aliphatic rings. The second-order valence-electron chi connectivity index (χ2n) is 7.25. The average molecular weight is 359 g/mol. The fourth-order valence-corrected chi connectivity index (χ4v) is 4.02. The van der Waals surface area contributed by atoms with Crippen molar-refractivity contribution in [2.45, 2.75) is 31.4 Å². The topological polar surface area (TPSA) is 61.8 Å². The van der Waals surface area contributed by atoms with Gasteiger partial charge in [-0.3, -0.25) is 9.69 Å². The van der Waals surface area contributed by atoms with E-state index in [-0.39, 0.29) is 11.4 Å². The molecule has 0 saturated carbocycles. The quantitative estimate of drug-likeness (QED) is 0.739. The highest BCUT2D eigenvalue weighted by Gasteiger charge is 2.42. The summed E-state index contributed by atoms with van der Waals surface area (Å²) in [6.07, 6.45) is 5.85. The molecule has 142 valence electrons. The number of amides is 1. The van der Waals surface area contributed by atoms with Crippen LogP contribution in [0.4, 0.5) is 5.82 Å². The summed E-state index contributed by atoms with van der Waals surface area (Å²) in [5.74, 6) is 1.18. The highest BCUT2D eigenvalue weighted by Crippen LogP contribution is 2.33. The number of anilines is 1. The molecule has 7 nitrogen and oxygen atoms in total. The number of ether oxygens (including phenoxy) is 1. The standard InChI is InChI=1S/C19H29N5O2/c1-4-8-23-9-7-19(6-5-18(23)25)14-24(11-10-22(19)2)17-12-16(13-26-3)20-15-21-17/h4,12,15H,1,5-11,13-14H2,2-3H3/t19-/m0/s1. The zero-order valence-corrected chi connectivity index (χ0v) is 15.9. The van der Waals surface area contributed by atoms with E-state index in [4.69, 9.17) is 4.74 Å². The largest absolute Gasteiger partial charge is 0.378 e. The number of likely N-dealkylation sites (N-methyl/N-ethyl adjacent to an activating group) is 1. The molecule has 0 radical (unpaired) electrons. The van der Waals surface area contributed by atoms with Gasteiger partial charge in [0, 0.05) is 57.9 Å². The summed E-state index contributed by atoms with van der Waals surface area (Å²) in [5, 5.41) is 0. The van der Waals surface area contributed by atoms with E-state index in [0.717, 1.165) is 50.5 Å². The molecule has 26 heavy (non-hydrogen) atoms. The summed E-state index contributed by atoms with van der Waals surface area (Å²) in [5.41, 5.74) is 0.884. The van der Waals surface area contributed by atoms with Crippen LogP contribution in [0.5, 0.6) is 0 Å². The first-order valence-corrected chi connectivity index (χ1v) is 9.23. The van der Waals surface area contributed by atoms with Gasteiger partial charge in [-0.15, -0.1) is 6.58 Å². The van der Waals surface area contributed by atoms with Gasteiger partial charge in [-0.1, -0.05) is 6.08 Å². The van der Waals surface area contributed by atoms with Crippen LogP contribution in [0, 0.1) is 0 Å². The minimum atomic E-state index is -0.00377. The fraction of sp³-hybridized carbons (Fsp3) is 0.632. The maximum atomic E-state index is 12.4. The first kappa shape index (κ1) is 18.8. The summed E-state index contributed by atoms with van der Waals surface area (Å²) in [6, 6.07) is 2.01. The number of carbonyl (C=O) groups excluding carboxylic acids is 1. The molecule has 3 rings (SSSR count). The SMILES string of the molecule is C=CCN1CC[C@@]2(CCC1=O)CN(c1cc(COC)ncn1)CCN2C. The highest BCUT2D eigenvalue weighted by molar-refractivity contribution is 5.76. The lowest BCUT2D eigenvalue weighted by Gasteiger charge is -2.49. The van der Waals surface area contributed by atoms with Crippen LogP contribution >= 0.6 is 0 Å². The minimum absolute atomic E-state index is 0.00377. The van der Waals surface area contributed by atoms with Gasteiger partial charge in [-0.25, -0.2) is 9.97 Å². The monoisotopic (exact) mass is 359 g/mol. The summed E-state index contributed by atoms with van der Waals surface area (Å²) in [4.78, 5) is 27.9. The molecule has 0 unspecified atom stereocenters. The fourth-order valence-electron chi connectivity index (χ4n) is 4.02. The first-order valence-electron chi connectivity index (χ1n) is 9.23. The van der Waals surface area contributed by atoms with Crippen LogP contribution in [0.15, 0.2) is 25.0 Å². The van der Waals surface area contributed by atoms with E-state index in [1.165, 1.54) is 0 Å². The molecule has 1 aromatic rings. The Labute approximate surface area is 155 Å². The molecule has 1 aromatic heterocycles. The van der Waals surface area contributed by atoms with Crippen LogP contribution in [-0.2, 0) is 16.1 Å². The van der Waals surface area contributed by atoms with Gasteiger partial charge in [0.1, 0.15) is 12.1 Å². The molecule has 3 heterocycles. The molecule has 1 amide bonds. The summed E-state index contributed by atoms with van der Waals surface area (Å²) >= 11 is 0. The van der Waals surface area contributed by atoms with E-state index in [9.17, 15) is 4.79 Å². The first-order chi connectivity index (χ1) is 12.6. The van der Waals surface area contributed by atoms with Crippen molar-refractivity contribution in [3.63, 3.8) is 0 Å². The molecular formula is C19H29N5O2. The Bertz CT molecular complexity index is 653. The summed E-state index contributed by atoms with van der Waals surface area (Å²) in [6.45, 7) is 8.43. The Morgan fingerprint density at radius 3 is 2.92 bits per heavy atom. The normalized spacial score (nSPS) is 24.8. The van der Waals surface area contributed by atoms with Crippen LogP contribution in [0.3, 0.4) is 0 Å². The Hall–Kier alpha value is -1.99. The maximum absolute atomic E-state index is 12.4. The van der Waals surface area contributed by atoms with Crippen LogP contribution in [-0.4, -0.2) is 78.1 Å². The molecule has 0 aliphatic carbocycles. The van der Waals surface area contributed by atoms with Crippen LogP contribution < -0.4 is 4.90 Å². The van der Waals surface area contributed by atoms with E-state index in [0.29, 0.717) is 19.6 Å². The summed E-state index contributed by atoms with van der Waals surface area (Å²) in [7, 11) is 3.85. The smallest absolute Gasteiger partial charge is 0.222 e. The number of likely N-dealkylation sites (tertiary alicyclic amines) is 1. The highest BCUT2D eigenvalue weighted by atomic mass is 16.5. The average Bonchev–Trinajstić information content (AvgIpc) is 2.80. The number of hydrogen-bond donors (Lipinski definition) is 0. The zero-order valence-electron chi connectivity index (χ0n) is 15.9. The van der Waals surface area contributed by atoms with Gasteiger partial charge < -0.3 is 14.5 Å². The van der Waals surface area contributed by atoms with Gasteiger partial charge in [-0.2, -0.15) is 0 Å². The van der Waals surface area contributed by atoms with Gasteiger partial charge in [0.2, 0.25) is 5.91 Å². The maximum Gasteiger partial charge on any atom is 0.222 e.